The SMILES string of the molecule is COC(=O)c1cc(NS(=O)(=O)c2cn[nH]c2)c(F)cc1F. The zero-order chi connectivity index (χ0) is 15.6. The smallest absolute Gasteiger partial charge is 0.340 e. The molecule has 0 atom stereocenters. The number of nitrogens with one attached hydrogen (secondary N) is 2. The zero-order valence-electron chi connectivity index (χ0n) is 10.6. The average Bonchev–Trinajstić information content (AvgIpc) is 2.95. The van der Waals surface area contributed by atoms with E-state index in [0.717, 1.165) is 19.5 Å². The van der Waals surface area contributed by atoms with Gasteiger partial charge >= 0.3 is 5.97 Å². The molecular weight excluding hydrogens is 308 g/mol. The number of hydrogen-bond acceptors (Lipinski definition) is 5. The summed E-state index contributed by atoms with van der Waals surface area (Å²) in [5.41, 5.74) is -1.18. The van der Waals surface area contributed by atoms with Crippen molar-refractivity contribution in [2.45, 2.75) is 4.90 Å². The largest absolute Gasteiger partial charge is 0.465 e. The molecule has 0 aliphatic heterocycles. The molecule has 112 valence electrons. The number of carbonyl (C=O) groups excluding carboxylic acids is 1. The first-order valence-electron chi connectivity index (χ1n) is 5.44. The van der Waals surface area contributed by atoms with Gasteiger partial charge in [-0.15, -0.1) is 0 Å². The normalized spacial score (nSPS) is 11.2. The van der Waals surface area contributed by atoms with Crippen LogP contribution < -0.4 is 4.72 Å². The van der Waals surface area contributed by atoms with Crippen molar-refractivity contribution in [3.05, 3.63) is 41.7 Å². The fourth-order valence-corrected chi connectivity index (χ4v) is 2.45. The van der Waals surface area contributed by atoms with Gasteiger partial charge in [0.1, 0.15) is 16.5 Å². The molecule has 0 saturated heterocycles. The number of aromatic amines is 1. The predicted molar refractivity (Wildman–Crippen MR) is 67.1 cm³/mol. The number of anilines is 1. The molecule has 1 aromatic carbocycles. The van der Waals surface area contributed by atoms with Crippen LogP contribution in [0.4, 0.5) is 14.5 Å². The van der Waals surface area contributed by atoms with Crippen LogP contribution in [-0.2, 0) is 14.8 Å². The van der Waals surface area contributed by atoms with Crippen molar-refractivity contribution >= 4 is 21.7 Å². The van der Waals surface area contributed by atoms with Crippen LogP contribution in [0.3, 0.4) is 0 Å². The van der Waals surface area contributed by atoms with Crippen LogP contribution in [0, 0.1) is 11.6 Å². The van der Waals surface area contributed by atoms with Gasteiger partial charge in [-0.05, 0) is 6.07 Å². The van der Waals surface area contributed by atoms with E-state index in [4.69, 9.17) is 0 Å². The molecule has 1 heterocycles. The van der Waals surface area contributed by atoms with E-state index >= 15 is 0 Å². The van der Waals surface area contributed by atoms with Crippen molar-refractivity contribution in [1.82, 2.24) is 10.2 Å². The second-order valence-electron chi connectivity index (χ2n) is 3.84. The van der Waals surface area contributed by atoms with Crippen LogP contribution in [0.25, 0.3) is 0 Å². The minimum absolute atomic E-state index is 0.245. The topological polar surface area (TPSA) is 101 Å². The summed E-state index contributed by atoms with van der Waals surface area (Å²) < 4.78 is 57.1. The van der Waals surface area contributed by atoms with Crippen LogP contribution >= 0.6 is 0 Å². The number of halogens is 2. The Balaban J connectivity index is 2.43. The molecule has 0 aliphatic carbocycles. The molecule has 10 heteroatoms. The van der Waals surface area contributed by atoms with Crippen molar-refractivity contribution in [2.24, 2.45) is 0 Å². The first-order valence-corrected chi connectivity index (χ1v) is 6.92. The highest BCUT2D eigenvalue weighted by Gasteiger charge is 2.21. The van der Waals surface area contributed by atoms with Gasteiger partial charge in [0.05, 0.1) is 24.6 Å². The van der Waals surface area contributed by atoms with E-state index in [1.807, 2.05) is 4.72 Å². The molecule has 0 spiro atoms. The molecular formula is C11H9F2N3O4S. The van der Waals surface area contributed by atoms with Crippen molar-refractivity contribution in [2.75, 3.05) is 11.8 Å². The monoisotopic (exact) mass is 317 g/mol. The van der Waals surface area contributed by atoms with E-state index in [0.29, 0.717) is 12.1 Å². The molecule has 2 N–H and O–H groups in total. The summed E-state index contributed by atoms with van der Waals surface area (Å²) >= 11 is 0. The summed E-state index contributed by atoms with van der Waals surface area (Å²) in [5, 5.41) is 5.74. The van der Waals surface area contributed by atoms with Gasteiger partial charge in [0.2, 0.25) is 0 Å². The van der Waals surface area contributed by atoms with Crippen LogP contribution in [-0.4, -0.2) is 31.7 Å². The van der Waals surface area contributed by atoms with Crippen LogP contribution in [0.1, 0.15) is 10.4 Å². The third-order valence-electron chi connectivity index (χ3n) is 2.49. The molecule has 1 aromatic heterocycles. The fourth-order valence-electron chi connectivity index (χ4n) is 1.48. The van der Waals surface area contributed by atoms with Crippen molar-refractivity contribution in [3.8, 4) is 0 Å². The summed E-state index contributed by atoms with van der Waals surface area (Å²) in [4.78, 5) is 11.1. The Morgan fingerprint density at radius 3 is 2.62 bits per heavy atom. The molecule has 7 nitrogen and oxygen atoms in total. The number of esters is 1. The van der Waals surface area contributed by atoms with Crippen LogP contribution in [0.15, 0.2) is 29.4 Å². The number of rotatable bonds is 4. The quantitative estimate of drug-likeness (QED) is 0.827. The number of aromatic nitrogens is 2. The Morgan fingerprint density at radius 1 is 1.33 bits per heavy atom. The highest BCUT2D eigenvalue weighted by Crippen LogP contribution is 2.23. The minimum atomic E-state index is -4.11. The van der Waals surface area contributed by atoms with E-state index in [2.05, 4.69) is 14.9 Å². The van der Waals surface area contributed by atoms with E-state index < -0.39 is 38.9 Å². The van der Waals surface area contributed by atoms with Gasteiger partial charge in [-0.1, -0.05) is 0 Å². The van der Waals surface area contributed by atoms with Crippen molar-refractivity contribution < 1.29 is 26.7 Å². The maximum Gasteiger partial charge on any atom is 0.340 e. The molecule has 0 fully saturated rings. The van der Waals surface area contributed by atoms with Crippen LogP contribution in [0.2, 0.25) is 0 Å². The van der Waals surface area contributed by atoms with Gasteiger partial charge in [-0.3, -0.25) is 9.82 Å². The molecule has 0 saturated carbocycles. The number of hydrogen-bond donors (Lipinski definition) is 2. The summed E-state index contributed by atoms with van der Waals surface area (Å²) in [7, 11) is -3.10. The Morgan fingerprint density at radius 2 is 2.05 bits per heavy atom. The molecule has 21 heavy (non-hydrogen) atoms. The van der Waals surface area contributed by atoms with E-state index in [1.165, 1.54) is 0 Å². The van der Waals surface area contributed by atoms with Gasteiger partial charge < -0.3 is 4.74 Å². The second-order valence-corrected chi connectivity index (χ2v) is 5.53. The van der Waals surface area contributed by atoms with E-state index in [1.54, 1.807) is 0 Å². The lowest BCUT2D eigenvalue weighted by Gasteiger charge is -2.09. The Bertz CT molecular complexity index is 775. The van der Waals surface area contributed by atoms with Crippen LogP contribution in [0.5, 0.6) is 0 Å². The first kappa shape index (κ1) is 14.9. The van der Waals surface area contributed by atoms with Gasteiger partial charge in [0, 0.05) is 12.3 Å². The number of H-pyrrole nitrogens is 1. The molecule has 0 aliphatic rings. The number of sulfonamides is 1. The molecule has 0 bridgehead atoms. The Kier molecular flexibility index (Phi) is 3.89. The fraction of sp³-hybridized carbons (Fsp3) is 0.0909. The highest BCUT2D eigenvalue weighted by molar-refractivity contribution is 7.92. The Hall–Kier alpha value is -2.49. The average molecular weight is 317 g/mol. The molecule has 0 radical (unpaired) electrons. The number of ether oxygens (including phenoxy) is 1. The number of methoxy groups -OCH3 is 1. The van der Waals surface area contributed by atoms with Crippen molar-refractivity contribution in [3.63, 3.8) is 0 Å². The number of carbonyl (C=O) groups is 1. The lowest BCUT2D eigenvalue weighted by Crippen LogP contribution is -2.15. The molecule has 0 unspecified atom stereocenters. The number of benzene rings is 1. The lowest BCUT2D eigenvalue weighted by molar-refractivity contribution is 0.0595. The summed E-state index contributed by atoms with van der Waals surface area (Å²) in [6.45, 7) is 0. The minimum Gasteiger partial charge on any atom is -0.465 e. The maximum absolute atomic E-state index is 13.6. The third-order valence-corrected chi connectivity index (χ3v) is 3.82. The zero-order valence-corrected chi connectivity index (χ0v) is 11.4. The molecule has 2 rings (SSSR count). The Labute approximate surface area is 118 Å². The standard InChI is InChI=1S/C11H9F2N3O4S/c1-20-11(17)7-2-10(9(13)3-8(7)12)16-21(18,19)6-4-14-15-5-6/h2-5,16H,1H3,(H,14,15). The lowest BCUT2D eigenvalue weighted by atomic mass is 10.2. The van der Waals surface area contributed by atoms with Gasteiger partial charge in [-0.2, -0.15) is 5.10 Å². The summed E-state index contributed by atoms with van der Waals surface area (Å²) in [6.07, 6.45) is 2.08. The van der Waals surface area contributed by atoms with E-state index in [9.17, 15) is 22.0 Å². The summed E-state index contributed by atoms with van der Waals surface area (Å²) in [6, 6.07) is 1.10. The number of nitrogens with zero attached hydrogens (tertiary/aromatic N) is 1. The van der Waals surface area contributed by atoms with Gasteiger partial charge in [0.25, 0.3) is 10.0 Å². The third kappa shape index (κ3) is 2.99. The van der Waals surface area contributed by atoms with Gasteiger partial charge in [0.15, 0.2) is 0 Å². The maximum atomic E-state index is 13.6. The van der Waals surface area contributed by atoms with Crippen molar-refractivity contribution in [1.29, 1.82) is 0 Å². The van der Waals surface area contributed by atoms with Gasteiger partial charge in [-0.25, -0.2) is 22.0 Å². The summed E-state index contributed by atoms with van der Waals surface area (Å²) in [5.74, 6) is -3.39. The molecule has 2 aromatic rings. The highest BCUT2D eigenvalue weighted by atomic mass is 32.2. The first-order chi connectivity index (χ1) is 9.85. The second kappa shape index (κ2) is 5.48. The van der Waals surface area contributed by atoms with E-state index in [-0.39, 0.29) is 4.90 Å². The predicted octanol–water partition coefficient (Wildman–Crippen LogP) is 1.28. The molecule has 0 amide bonds.